The van der Waals surface area contributed by atoms with E-state index in [0.29, 0.717) is 17.7 Å². The fraction of sp³-hybridized carbons (Fsp3) is 0.136. The lowest BCUT2D eigenvalue weighted by atomic mass is 9.68. The van der Waals surface area contributed by atoms with Gasteiger partial charge in [0, 0.05) is 33.6 Å². The largest absolute Gasteiger partial charge is 0.310 e. The van der Waals surface area contributed by atoms with E-state index in [9.17, 15) is 0 Å². The van der Waals surface area contributed by atoms with Crippen LogP contribution in [-0.2, 0) is 5.41 Å². The molecule has 1 atom stereocenters. The minimum atomic E-state index is -0.554. The van der Waals surface area contributed by atoms with Gasteiger partial charge in [0.05, 0.1) is 16.6 Å². The first-order chi connectivity index (χ1) is 31.6. The van der Waals surface area contributed by atoms with Crippen LogP contribution in [0.15, 0.2) is 205 Å². The van der Waals surface area contributed by atoms with Crippen LogP contribution in [0.5, 0.6) is 0 Å². The molecule has 306 valence electrons. The number of hydrogen-bond donors (Lipinski definition) is 0. The standard InChI is InChI=1S/C59H45N5/c1-38-29-33-52-48(35-38)55-54(59(52)50-27-15-13-25-46(50)47-26-14-16-28-51(47)59)49-37-45(63(43-21-7-3-8-22-43)44-23-9-4-10-24-44)32-34-53(49)64(55)58-61-56(40-18-5-2-6-19-40)60-57(62-58)42-31-30-39-17-11-12-20-41(39)36-42/h2-10,12-16,18-29,32-34,36-38H,11,17,30-31,35H2,1H3. The van der Waals surface area contributed by atoms with E-state index >= 15 is 0 Å². The molecular formula is C59H45N5. The Morgan fingerprint density at radius 2 is 1.28 bits per heavy atom. The van der Waals surface area contributed by atoms with E-state index in [0.717, 1.165) is 71.6 Å². The van der Waals surface area contributed by atoms with Crippen molar-refractivity contribution in [3.05, 3.63) is 233 Å². The van der Waals surface area contributed by atoms with Crippen molar-refractivity contribution >= 4 is 39.1 Å². The van der Waals surface area contributed by atoms with Gasteiger partial charge < -0.3 is 4.90 Å². The number of anilines is 3. The van der Waals surface area contributed by atoms with Gasteiger partial charge in [-0.05, 0) is 131 Å². The minimum absolute atomic E-state index is 0.356. The first-order valence-electron chi connectivity index (χ1n) is 22.8. The smallest absolute Gasteiger partial charge is 0.238 e. The van der Waals surface area contributed by atoms with Crippen molar-refractivity contribution in [2.45, 2.75) is 44.4 Å². The highest BCUT2D eigenvalue weighted by Crippen LogP contribution is 2.66. The van der Waals surface area contributed by atoms with Crippen molar-refractivity contribution in [3.8, 4) is 28.5 Å². The molecule has 5 nitrogen and oxygen atoms in total. The summed E-state index contributed by atoms with van der Waals surface area (Å²) < 4.78 is 2.41. The molecule has 5 aliphatic carbocycles. The van der Waals surface area contributed by atoms with Crippen LogP contribution in [0.1, 0.15) is 67.2 Å². The zero-order valence-corrected chi connectivity index (χ0v) is 35.7. The highest BCUT2D eigenvalue weighted by Gasteiger charge is 2.55. The molecule has 0 bridgehead atoms. The number of allylic oxidation sites excluding steroid dienone is 10. The van der Waals surface area contributed by atoms with Gasteiger partial charge in [0.15, 0.2) is 11.6 Å². The molecule has 0 saturated heterocycles. The van der Waals surface area contributed by atoms with E-state index in [-0.39, 0.29) is 0 Å². The molecule has 6 aromatic carbocycles. The minimum Gasteiger partial charge on any atom is -0.310 e. The lowest BCUT2D eigenvalue weighted by Gasteiger charge is -2.33. The maximum absolute atomic E-state index is 5.58. The first-order valence-corrected chi connectivity index (χ1v) is 22.8. The fourth-order valence-corrected chi connectivity index (χ4v) is 11.5. The van der Waals surface area contributed by atoms with Crippen LogP contribution in [-0.4, -0.2) is 19.5 Å². The molecule has 0 radical (unpaired) electrons. The maximum Gasteiger partial charge on any atom is 0.238 e. The highest BCUT2D eigenvalue weighted by atomic mass is 15.2. The molecular weight excluding hydrogens is 779 g/mol. The molecule has 1 spiro atoms. The third kappa shape index (κ3) is 5.46. The monoisotopic (exact) mass is 823 g/mol. The zero-order chi connectivity index (χ0) is 42.4. The SMILES string of the molecule is CC1C=CC2=C(C1)c1c(c3cc(N(c4ccccc4)c4ccccc4)ccc3n1-c1nc(C3=CC4=C(CCC=C4)CC3)nc(-c3ccccc3)n1)C21c2ccccc2-c2ccccc21. The Hall–Kier alpha value is -7.63. The quantitative estimate of drug-likeness (QED) is 0.168. The second-order valence-corrected chi connectivity index (χ2v) is 17.9. The number of hydrogen-bond acceptors (Lipinski definition) is 4. The third-order valence-corrected chi connectivity index (χ3v) is 14.2. The topological polar surface area (TPSA) is 46.8 Å². The van der Waals surface area contributed by atoms with Crippen LogP contribution >= 0.6 is 0 Å². The second kappa shape index (κ2) is 14.5. The Kier molecular flexibility index (Phi) is 8.36. The molecule has 64 heavy (non-hydrogen) atoms. The van der Waals surface area contributed by atoms with Crippen LogP contribution in [0.4, 0.5) is 17.1 Å². The van der Waals surface area contributed by atoms with Crippen molar-refractivity contribution in [2.75, 3.05) is 4.90 Å². The number of para-hydroxylation sites is 2. The van der Waals surface area contributed by atoms with Crippen molar-refractivity contribution in [2.24, 2.45) is 5.92 Å². The van der Waals surface area contributed by atoms with Crippen molar-refractivity contribution in [1.82, 2.24) is 19.5 Å². The van der Waals surface area contributed by atoms with Gasteiger partial charge in [-0.2, -0.15) is 9.97 Å². The Morgan fingerprint density at radius 3 is 2.00 bits per heavy atom. The van der Waals surface area contributed by atoms with Crippen LogP contribution in [0.25, 0.3) is 50.5 Å². The van der Waals surface area contributed by atoms with E-state index in [1.807, 2.05) is 0 Å². The first kappa shape index (κ1) is 37.0. The van der Waals surface area contributed by atoms with Gasteiger partial charge in [0.1, 0.15) is 0 Å². The van der Waals surface area contributed by atoms with Gasteiger partial charge in [0.25, 0.3) is 0 Å². The molecule has 5 heteroatoms. The molecule has 2 aromatic heterocycles. The number of benzene rings is 6. The van der Waals surface area contributed by atoms with E-state index < -0.39 is 5.41 Å². The summed E-state index contributed by atoms with van der Waals surface area (Å²) in [5.41, 5.74) is 19.3. The molecule has 0 saturated carbocycles. The number of rotatable bonds is 6. The summed E-state index contributed by atoms with van der Waals surface area (Å²) >= 11 is 0. The molecule has 5 aliphatic rings. The summed E-state index contributed by atoms with van der Waals surface area (Å²) in [7, 11) is 0. The second-order valence-electron chi connectivity index (χ2n) is 17.9. The van der Waals surface area contributed by atoms with E-state index in [1.54, 1.807) is 0 Å². The summed E-state index contributed by atoms with van der Waals surface area (Å²) in [6, 6.07) is 57.1. The predicted molar refractivity (Wildman–Crippen MR) is 261 cm³/mol. The van der Waals surface area contributed by atoms with Crippen molar-refractivity contribution < 1.29 is 0 Å². The van der Waals surface area contributed by atoms with Crippen LogP contribution in [0.2, 0.25) is 0 Å². The van der Waals surface area contributed by atoms with E-state index in [4.69, 9.17) is 15.0 Å². The number of fused-ring (bicyclic) bond motifs is 11. The lowest BCUT2D eigenvalue weighted by molar-refractivity contribution is 0.725. The Bertz CT molecular complexity index is 3280. The van der Waals surface area contributed by atoms with E-state index in [2.05, 4.69) is 204 Å². The van der Waals surface area contributed by atoms with Crippen LogP contribution in [0, 0.1) is 5.92 Å². The Labute approximate surface area is 373 Å². The molecule has 13 rings (SSSR count). The van der Waals surface area contributed by atoms with Crippen molar-refractivity contribution in [3.63, 3.8) is 0 Å². The predicted octanol–water partition coefficient (Wildman–Crippen LogP) is 14.5. The average Bonchev–Trinajstić information content (AvgIpc) is 3.96. The van der Waals surface area contributed by atoms with Gasteiger partial charge >= 0.3 is 0 Å². The Balaban J connectivity index is 1.15. The van der Waals surface area contributed by atoms with Gasteiger partial charge in [-0.15, -0.1) is 0 Å². The van der Waals surface area contributed by atoms with Crippen LogP contribution < -0.4 is 4.90 Å². The van der Waals surface area contributed by atoms with E-state index in [1.165, 1.54) is 61.2 Å². The molecule has 2 heterocycles. The lowest BCUT2D eigenvalue weighted by Crippen LogP contribution is -2.27. The summed E-state index contributed by atoms with van der Waals surface area (Å²) in [4.78, 5) is 18.8. The van der Waals surface area contributed by atoms with Gasteiger partial charge in [-0.1, -0.05) is 152 Å². The summed E-state index contributed by atoms with van der Waals surface area (Å²) in [6.45, 7) is 2.34. The molecule has 0 aliphatic heterocycles. The summed E-state index contributed by atoms with van der Waals surface area (Å²) in [5, 5.41) is 1.19. The summed E-state index contributed by atoms with van der Waals surface area (Å²) in [5.74, 6) is 2.43. The molecule has 0 fully saturated rings. The summed E-state index contributed by atoms with van der Waals surface area (Å²) in [6.07, 6.45) is 16.9. The molecule has 1 unspecified atom stereocenters. The molecule has 0 N–H and O–H groups in total. The zero-order valence-electron chi connectivity index (χ0n) is 35.7. The number of aromatic nitrogens is 4. The highest BCUT2D eigenvalue weighted by molar-refractivity contribution is 6.06. The number of nitrogens with zero attached hydrogens (tertiary/aromatic N) is 5. The molecule has 8 aromatic rings. The van der Waals surface area contributed by atoms with Gasteiger partial charge in [0.2, 0.25) is 5.95 Å². The van der Waals surface area contributed by atoms with Crippen LogP contribution in [0.3, 0.4) is 0 Å². The normalized spacial score (nSPS) is 17.6. The fourth-order valence-electron chi connectivity index (χ4n) is 11.5. The van der Waals surface area contributed by atoms with Gasteiger partial charge in [-0.25, -0.2) is 4.98 Å². The average molecular weight is 824 g/mol. The maximum atomic E-state index is 5.58. The Morgan fingerprint density at radius 1 is 0.625 bits per heavy atom. The van der Waals surface area contributed by atoms with Gasteiger partial charge in [-0.3, -0.25) is 4.57 Å². The van der Waals surface area contributed by atoms with Crippen molar-refractivity contribution in [1.29, 1.82) is 0 Å². The third-order valence-electron chi connectivity index (χ3n) is 14.2. The molecule has 0 amide bonds.